The minimum Gasteiger partial charge on any atom is -0.462 e. The zero-order valence-corrected chi connectivity index (χ0v) is 21.7. The molecular formula is C32H28N4O3. The number of carbonyl (C=O) groups is 1. The number of carbonyl (C=O) groups excluding carboxylic acids is 1. The van der Waals surface area contributed by atoms with Crippen molar-refractivity contribution in [3.05, 3.63) is 144 Å². The van der Waals surface area contributed by atoms with Crippen LogP contribution in [0.4, 0.5) is 5.69 Å². The molecule has 0 spiro atoms. The maximum atomic E-state index is 12.3. The molecule has 0 saturated heterocycles. The Morgan fingerprint density at radius 3 is 2.23 bits per heavy atom. The first-order valence-electron chi connectivity index (χ1n) is 12.4. The molecule has 4 rings (SSSR count). The van der Waals surface area contributed by atoms with E-state index in [1.165, 1.54) is 6.08 Å². The van der Waals surface area contributed by atoms with Gasteiger partial charge in [0.25, 0.3) is 0 Å². The van der Waals surface area contributed by atoms with E-state index >= 15 is 0 Å². The lowest BCUT2D eigenvalue weighted by atomic mass is 10.1. The second-order valence-corrected chi connectivity index (χ2v) is 8.66. The molecule has 1 aliphatic rings. The Kier molecular flexibility index (Phi) is 9.19. The van der Waals surface area contributed by atoms with Gasteiger partial charge in [-0.3, -0.25) is 9.97 Å². The van der Waals surface area contributed by atoms with Gasteiger partial charge in [-0.05, 0) is 67.1 Å². The van der Waals surface area contributed by atoms with Gasteiger partial charge in [-0.1, -0.05) is 43.0 Å². The molecule has 0 fully saturated rings. The first-order chi connectivity index (χ1) is 19.1. The largest absolute Gasteiger partial charge is 0.462 e. The number of aromatic nitrogens is 2. The normalized spacial score (nSPS) is 13.9. The summed E-state index contributed by atoms with van der Waals surface area (Å²) in [5, 5.41) is 9.52. The lowest BCUT2D eigenvalue weighted by Gasteiger charge is -2.24. The van der Waals surface area contributed by atoms with Crippen LogP contribution in [0.3, 0.4) is 0 Å². The molecule has 0 bridgehead atoms. The number of hydrogen-bond donors (Lipinski definition) is 0. The van der Waals surface area contributed by atoms with Crippen molar-refractivity contribution in [1.82, 2.24) is 9.97 Å². The average molecular weight is 517 g/mol. The highest BCUT2D eigenvalue weighted by molar-refractivity contribution is 5.95. The second-order valence-electron chi connectivity index (χ2n) is 8.66. The number of benzene rings is 1. The lowest BCUT2D eigenvalue weighted by molar-refractivity contribution is -0.137. The van der Waals surface area contributed by atoms with E-state index in [1.54, 1.807) is 37.5 Å². The van der Waals surface area contributed by atoms with Gasteiger partial charge in [0.2, 0.25) is 0 Å². The third-order valence-electron chi connectivity index (χ3n) is 5.73. The summed E-state index contributed by atoms with van der Waals surface area (Å²) < 4.78 is 10.8. The summed E-state index contributed by atoms with van der Waals surface area (Å²) in [6, 6.07) is 21.9. The minimum absolute atomic E-state index is 0.0319. The number of rotatable bonds is 10. The molecule has 0 amide bonds. The topological polar surface area (TPSA) is 88.3 Å². The van der Waals surface area contributed by atoms with Gasteiger partial charge in [-0.15, -0.1) is 0 Å². The Morgan fingerprint density at radius 1 is 1.00 bits per heavy atom. The fourth-order valence-electron chi connectivity index (χ4n) is 3.91. The van der Waals surface area contributed by atoms with Crippen LogP contribution in [-0.2, 0) is 27.4 Å². The molecule has 0 atom stereocenters. The van der Waals surface area contributed by atoms with Crippen molar-refractivity contribution >= 4 is 17.7 Å². The Bertz CT molecular complexity index is 1420. The molecule has 2 aromatic heterocycles. The standard InChI is InChI=1S/C32H28N4O3/c1-3-18-38-32(37)31(21-33)26-19-24(2)39-30(20-26)15-12-25-10-13-29(14-11-25)36(22-27-8-4-6-16-34-27)23-28-9-5-7-17-35-28/h3-17,19-20H,1,18,22-23H2,2H3/b15-12+,31-26+. The average Bonchev–Trinajstić information content (AvgIpc) is 2.96. The van der Waals surface area contributed by atoms with Crippen LogP contribution in [0.5, 0.6) is 0 Å². The van der Waals surface area contributed by atoms with E-state index in [0.717, 1.165) is 22.6 Å². The minimum atomic E-state index is -0.700. The number of anilines is 1. The van der Waals surface area contributed by atoms with Gasteiger partial charge in [0.1, 0.15) is 29.8 Å². The zero-order valence-electron chi connectivity index (χ0n) is 21.7. The van der Waals surface area contributed by atoms with E-state index in [9.17, 15) is 10.1 Å². The smallest absolute Gasteiger partial charge is 0.349 e. The highest BCUT2D eigenvalue weighted by atomic mass is 16.5. The number of nitrogens with zero attached hydrogens (tertiary/aromatic N) is 4. The molecule has 0 radical (unpaired) electrons. The summed E-state index contributed by atoms with van der Waals surface area (Å²) in [6.45, 7) is 6.60. The van der Waals surface area contributed by atoms with Gasteiger partial charge in [-0.25, -0.2) is 4.79 Å². The Hall–Kier alpha value is -5.22. The van der Waals surface area contributed by atoms with Gasteiger partial charge in [0.15, 0.2) is 0 Å². The van der Waals surface area contributed by atoms with E-state index in [-0.39, 0.29) is 12.2 Å². The van der Waals surface area contributed by atoms with Crippen LogP contribution in [0.25, 0.3) is 6.08 Å². The van der Waals surface area contributed by atoms with E-state index in [0.29, 0.717) is 30.2 Å². The fourth-order valence-corrected chi connectivity index (χ4v) is 3.91. The number of ether oxygens (including phenoxy) is 2. The van der Waals surface area contributed by atoms with Crippen molar-refractivity contribution < 1.29 is 14.3 Å². The summed E-state index contributed by atoms with van der Waals surface area (Å²) in [5.41, 5.74) is 4.29. The summed E-state index contributed by atoms with van der Waals surface area (Å²) >= 11 is 0. The van der Waals surface area contributed by atoms with Crippen molar-refractivity contribution in [1.29, 1.82) is 5.26 Å². The van der Waals surface area contributed by atoms with Crippen LogP contribution >= 0.6 is 0 Å². The third kappa shape index (κ3) is 7.63. The highest BCUT2D eigenvalue weighted by Gasteiger charge is 2.18. The Morgan fingerprint density at radius 2 is 1.67 bits per heavy atom. The van der Waals surface area contributed by atoms with Crippen molar-refractivity contribution in [2.75, 3.05) is 11.5 Å². The maximum Gasteiger partial charge on any atom is 0.349 e. The molecule has 0 unspecified atom stereocenters. The van der Waals surface area contributed by atoms with E-state index in [1.807, 2.05) is 60.7 Å². The summed E-state index contributed by atoms with van der Waals surface area (Å²) in [4.78, 5) is 23.5. The number of nitriles is 1. The number of hydrogen-bond acceptors (Lipinski definition) is 7. The predicted molar refractivity (Wildman–Crippen MR) is 151 cm³/mol. The van der Waals surface area contributed by atoms with Crippen LogP contribution in [0.1, 0.15) is 23.9 Å². The highest BCUT2D eigenvalue weighted by Crippen LogP contribution is 2.25. The molecule has 0 aliphatic carbocycles. The quantitative estimate of drug-likeness (QED) is 0.140. The van der Waals surface area contributed by atoms with Crippen molar-refractivity contribution in [3.8, 4) is 6.07 Å². The van der Waals surface area contributed by atoms with Crippen molar-refractivity contribution in [2.45, 2.75) is 20.0 Å². The molecule has 0 saturated carbocycles. The molecule has 3 aromatic rings. The second kappa shape index (κ2) is 13.4. The number of pyridine rings is 2. The van der Waals surface area contributed by atoms with Gasteiger partial charge >= 0.3 is 5.97 Å². The Balaban J connectivity index is 1.53. The molecule has 7 heteroatoms. The molecule has 39 heavy (non-hydrogen) atoms. The Labute approximate surface area is 228 Å². The van der Waals surface area contributed by atoms with E-state index in [4.69, 9.17) is 9.47 Å². The van der Waals surface area contributed by atoms with Crippen LogP contribution < -0.4 is 4.90 Å². The zero-order chi connectivity index (χ0) is 27.5. The molecule has 1 aromatic carbocycles. The number of esters is 1. The predicted octanol–water partition coefficient (Wildman–Crippen LogP) is 6.06. The van der Waals surface area contributed by atoms with Crippen LogP contribution in [-0.4, -0.2) is 22.5 Å². The third-order valence-corrected chi connectivity index (χ3v) is 5.73. The van der Waals surface area contributed by atoms with Crippen LogP contribution in [0, 0.1) is 11.3 Å². The van der Waals surface area contributed by atoms with E-state index in [2.05, 4.69) is 33.6 Å². The fraction of sp³-hybridized carbons (Fsp3) is 0.125. The molecule has 0 N–H and O–H groups in total. The van der Waals surface area contributed by atoms with Gasteiger partial charge in [0, 0.05) is 23.7 Å². The first-order valence-corrected chi connectivity index (χ1v) is 12.4. The van der Waals surface area contributed by atoms with Crippen LogP contribution in [0.2, 0.25) is 0 Å². The SMILES string of the molecule is C=CCOC(=O)/C(C#N)=C1\C=C(C)OC(/C=C/c2ccc(N(Cc3ccccn3)Cc3ccccn3)cc2)=C1. The molecule has 1 aliphatic heterocycles. The van der Waals surface area contributed by atoms with Crippen molar-refractivity contribution in [3.63, 3.8) is 0 Å². The van der Waals surface area contributed by atoms with Crippen LogP contribution in [0.15, 0.2) is 127 Å². The molecule has 3 heterocycles. The summed E-state index contributed by atoms with van der Waals surface area (Å²) in [5.74, 6) is 0.367. The van der Waals surface area contributed by atoms with E-state index < -0.39 is 5.97 Å². The van der Waals surface area contributed by atoms with Crippen molar-refractivity contribution in [2.24, 2.45) is 0 Å². The molecule has 194 valence electrons. The molecule has 7 nitrogen and oxygen atoms in total. The summed E-state index contributed by atoms with van der Waals surface area (Å²) in [6.07, 6.45) is 12.0. The van der Waals surface area contributed by atoms with Gasteiger partial charge in [0.05, 0.1) is 24.5 Å². The summed E-state index contributed by atoms with van der Waals surface area (Å²) in [7, 11) is 0. The van der Waals surface area contributed by atoms with Gasteiger partial charge < -0.3 is 14.4 Å². The lowest BCUT2D eigenvalue weighted by Crippen LogP contribution is -2.23. The molecular weight excluding hydrogens is 488 g/mol. The van der Waals surface area contributed by atoms with Gasteiger partial charge in [-0.2, -0.15) is 5.26 Å². The number of allylic oxidation sites excluding steroid dienone is 5. The maximum absolute atomic E-state index is 12.3. The first kappa shape index (κ1) is 26.8. The monoisotopic (exact) mass is 516 g/mol.